The van der Waals surface area contributed by atoms with Crippen molar-refractivity contribution >= 4 is 23.1 Å². The molecule has 0 atom stereocenters. The highest BCUT2D eigenvalue weighted by Crippen LogP contribution is 2.22. The highest BCUT2D eigenvalue weighted by molar-refractivity contribution is 6.32. The van der Waals surface area contributed by atoms with Gasteiger partial charge in [0.05, 0.1) is 7.11 Å². The molecule has 0 unspecified atom stereocenters. The second-order valence-corrected chi connectivity index (χ2v) is 3.24. The summed E-state index contributed by atoms with van der Waals surface area (Å²) < 4.78 is 4.52. The summed E-state index contributed by atoms with van der Waals surface area (Å²) in [4.78, 5) is 11.0. The van der Waals surface area contributed by atoms with Gasteiger partial charge in [0, 0.05) is 11.1 Å². The normalized spacial score (nSPS) is 11.2. The summed E-state index contributed by atoms with van der Waals surface area (Å²) in [6.07, 6.45) is 1.42. The number of hydrogen-bond acceptors (Lipinski definition) is 2. The van der Waals surface area contributed by atoms with Crippen LogP contribution in [0, 0.1) is 0 Å². The first-order valence-corrected chi connectivity index (χ1v) is 4.54. The van der Waals surface area contributed by atoms with Gasteiger partial charge in [-0.05, 0) is 24.1 Å². The molecule has 0 aliphatic rings. The van der Waals surface area contributed by atoms with Gasteiger partial charge in [0.25, 0.3) is 0 Å². The zero-order valence-corrected chi connectivity index (χ0v) is 8.84. The van der Waals surface area contributed by atoms with E-state index >= 15 is 0 Å². The number of ether oxygens (including phenoxy) is 1. The molecule has 0 aliphatic heterocycles. The van der Waals surface area contributed by atoms with E-state index < -0.39 is 0 Å². The number of hydrogen-bond donors (Lipinski definition) is 0. The molecule has 74 valence electrons. The molecule has 0 fully saturated rings. The summed E-state index contributed by atoms with van der Waals surface area (Å²) in [7, 11) is 1.35. The van der Waals surface area contributed by atoms with Crippen LogP contribution in [0.1, 0.15) is 12.5 Å². The number of carbonyl (C=O) groups is 1. The second-order valence-electron chi connectivity index (χ2n) is 2.83. The Morgan fingerprint density at radius 3 is 2.64 bits per heavy atom. The van der Waals surface area contributed by atoms with Crippen molar-refractivity contribution in [2.75, 3.05) is 7.11 Å². The molecule has 0 aliphatic carbocycles. The second kappa shape index (κ2) is 4.82. The smallest absolute Gasteiger partial charge is 0.330 e. The lowest BCUT2D eigenvalue weighted by Gasteiger charge is -2.03. The van der Waals surface area contributed by atoms with Crippen LogP contribution in [0.2, 0.25) is 5.02 Å². The fraction of sp³-hybridized carbons (Fsp3) is 0.182. The lowest BCUT2D eigenvalue weighted by atomic mass is 10.1. The van der Waals surface area contributed by atoms with Crippen LogP contribution in [0.4, 0.5) is 0 Å². The van der Waals surface area contributed by atoms with Gasteiger partial charge in [-0.3, -0.25) is 0 Å². The van der Waals surface area contributed by atoms with E-state index in [1.807, 2.05) is 25.1 Å². The molecule has 0 bridgehead atoms. The van der Waals surface area contributed by atoms with Crippen molar-refractivity contribution in [1.82, 2.24) is 0 Å². The Hall–Kier alpha value is -1.28. The van der Waals surface area contributed by atoms with Crippen LogP contribution in [0.5, 0.6) is 0 Å². The van der Waals surface area contributed by atoms with Crippen LogP contribution < -0.4 is 0 Å². The molecule has 0 spiro atoms. The summed E-state index contributed by atoms with van der Waals surface area (Å²) in [5, 5.41) is 0.630. The summed E-state index contributed by atoms with van der Waals surface area (Å²) in [5.41, 5.74) is 1.64. The van der Waals surface area contributed by atoms with Crippen molar-refractivity contribution in [1.29, 1.82) is 0 Å². The van der Waals surface area contributed by atoms with Gasteiger partial charge in [0.1, 0.15) is 0 Å². The molecule has 0 radical (unpaired) electrons. The lowest BCUT2D eigenvalue weighted by Crippen LogP contribution is -1.95. The van der Waals surface area contributed by atoms with Gasteiger partial charge in [-0.15, -0.1) is 0 Å². The van der Waals surface area contributed by atoms with E-state index in [0.29, 0.717) is 5.02 Å². The zero-order chi connectivity index (χ0) is 10.6. The van der Waals surface area contributed by atoms with E-state index in [9.17, 15) is 4.79 Å². The van der Waals surface area contributed by atoms with Gasteiger partial charge in [-0.1, -0.05) is 29.8 Å². The molecule has 14 heavy (non-hydrogen) atoms. The number of esters is 1. The predicted octanol–water partition coefficient (Wildman–Crippen LogP) is 2.92. The fourth-order valence-corrected chi connectivity index (χ4v) is 1.38. The van der Waals surface area contributed by atoms with Crippen molar-refractivity contribution in [3.63, 3.8) is 0 Å². The average molecular weight is 211 g/mol. The minimum atomic E-state index is -0.373. The molecule has 3 heteroatoms. The van der Waals surface area contributed by atoms with E-state index in [1.54, 1.807) is 6.07 Å². The molecule has 1 rings (SSSR count). The molecule has 0 N–H and O–H groups in total. The summed E-state index contributed by atoms with van der Waals surface area (Å²) in [5.74, 6) is -0.373. The van der Waals surface area contributed by atoms with Crippen molar-refractivity contribution in [2.45, 2.75) is 6.92 Å². The Morgan fingerprint density at radius 1 is 1.43 bits per heavy atom. The van der Waals surface area contributed by atoms with Crippen LogP contribution in [-0.2, 0) is 9.53 Å². The maximum absolute atomic E-state index is 11.0. The molecule has 0 saturated carbocycles. The van der Waals surface area contributed by atoms with E-state index in [0.717, 1.165) is 11.1 Å². The third kappa shape index (κ3) is 2.60. The highest BCUT2D eigenvalue weighted by Gasteiger charge is 2.03. The lowest BCUT2D eigenvalue weighted by molar-refractivity contribution is -0.134. The first kappa shape index (κ1) is 10.8. The van der Waals surface area contributed by atoms with E-state index in [2.05, 4.69) is 4.74 Å². The van der Waals surface area contributed by atoms with Crippen LogP contribution in [0.15, 0.2) is 30.3 Å². The SMILES string of the molecule is COC(=O)/C=C(/C)c1ccccc1Cl. The third-order valence-corrected chi connectivity index (χ3v) is 2.16. The summed E-state index contributed by atoms with van der Waals surface area (Å²) >= 11 is 5.95. The molecule has 1 aromatic rings. The zero-order valence-electron chi connectivity index (χ0n) is 8.08. The number of halogens is 1. The largest absolute Gasteiger partial charge is 0.466 e. The van der Waals surface area contributed by atoms with E-state index in [1.165, 1.54) is 13.2 Å². The molecular formula is C11H11ClO2. The summed E-state index contributed by atoms with van der Waals surface area (Å²) in [6, 6.07) is 7.36. The maximum Gasteiger partial charge on any atom is 0.330 e. The monoisotopic (exact) mass is 210 g/mol. The minimum absolute atomic E-state index is 0.373. The quantitative estimate of drug-likeness (QED) is 0.554. The van der Waals surface area contributed by atoms with Gasteiger partial charge < -0.3 is 4.74 Å². The number of carbonyl (C=O) groups excluding carboxylic acids is 1. The van der Waals surface area contributed by atoms with Gasteiger partial charge in [0.15, 0.2) is 0 Å². The van der Waals surface area contributed by atoms with Crippen LogP contribution in [-0.4, -0.2) is 13.1 Å². The van der Waals surface area contributed by atoms with Crippen molar-refractivity contribution in [3.8, 4) is 0 Å². The van der Waals surface area contributed by atoms with Crippen LogP contribution >= 0.6 is 11.6 Å². The van der Waals surface area contributed by atoms with Crippen molar-refractivity contribution in [3.05, 3.63) is 40.9 Å². The first-order chi connectivity index (χ1) is 6.65. The van der Waals surface area contributed by atoms with Gasteiger partial charge in [-0.25, -0.2) is 4.79 Å². The summed E-state index contributed by atoms with van der Waals surface area (Å²) in [6.45, 7) is 1.82. The van der Waals surface area contributed by atoms with Crippen LogP contribution in [0.25, 0.3) is 5.57 Å². The Kier molecular flexibility index (Phi) is 3.72. The molecule has 0 amide bonds. The Morgan fingerprint density at radius 2 is 2.07 bits per heavy atom. The van der Waals surface area contributed by atoms with Gasteiger partial charge in [0.2, 0.25) is 0 Å². The molecule has 0 aromatic heterocycles. The third-order valence-electron chi connectivity index (χ3n) is 1.83. The minimum Gasteiger partial charge on any atom is -0.466 e. The molecule has 2 nitrogen and oxygen atoms in total. The Bertz CT molecular complexity index is 369. The standard InChI is InChI=1S/C11H11ClO2/c1-8(7-11(13)14-2)9-5-3-4-6-10(9)12/h3-7H,1-2H3/b8-7-. The number of rotatable bonds is 2. The maximum atomic E-state index is 11.0. The van der Waals surface area contributed by atoms with Crippen LogP contribution in [0.3, 0.4) is 0 Å². The first-order valence-electron chi connectivity index (χ1n) is 4.16. The number of methoxy groups -OCH3 is 1. The topological polar surface area (TPSA) is 26.3 Å². The fourth-order valence-electron chi connectivity index (χ4n) is 1.09. The molecule has 0 heterocycles. The van der Waals surface area contributed by atoms with E-state index in [4.69, 9.17) is 11.6 Å². The molecule has 0 saturated heterocycles. The average Bonchev–Trinajstić information content (AvgIpc) is 2.18. The number of allylic oxidation sites excluding steroid dienone is 1. The highest BCUT2D eigenvalue weighted by atomic mass is 35.5. The van der Waals surface area contributed by atoms with Crippen molar-refractivity contribution < 1.29 is 9.53 Å². The molecule has 1 aromatic carbocycles. The van der Waals surface area contributed by atoms with Crippen molar-refractivity contribution in [2.24, 2.45) is 0 Å². The Balaban J connectivity index is 3.00. The Labute approximate surface area is 88.1 Å². The van der Waals surface area contributed by atoms with E-state index in [-0.39, 0.29) is 5.97 Å². The van der Waals surface area contributed by atoms with Gasteiger partial charge in [-0.2, -0.15) is 0 Å². The van der Waals surface area contributed by atoms with Gasteiger partial charge >= 0.3 is 5.97 Å². The molecular weight excluding hydrogens is 200 g/mol. The predicted molar refractivity (Wildman–Crippen MR) is 57.1 cm³/mol. The number of benzene rings is 1.